The van der Waals surface area contributed by atoms with E-state index in [1.165, 1.54) is 23.5 Å². The van der Waals surface area contributed by atoms with Crippen LogP contribution in [-0.4, -0.2) is 29.0 Å². The van der Waals surface area contributed by atoms with Gasteiger partial charge in [-0.3, -0.25) is 20.2 Å². The van der Waals surface area contributed by atoms with Crippen molar-refractivity contribution in [2.45, 2.75) is 6.42 Å². The van der Waals surface area contributed by atoms with Crippen LogP contribution in [0.5, 0.6) is 11.5 Å². The highest BCUT2D eigenvalue weighted by Gasteiger charge is 2.27. The number of rotatable bonds is 5. The molecule has 0 atom stereocenters. The van der Waals surface area contributed by atoms with Gasteiger partial charge in [0, 0.05) is 28.6 Å². The quantitative estimate of drug-likeness (QED) is 0.476. The van der Waals surface area contributed by atoms with Gasteiger partial charge in [-0.15, -0.1) is 11.3 Å². The number of halogens is 1. The summed E-state index contributed by atoms with van der Waals surface area (Å²) in [5.41, 5.74) is 0.580. The van der Waals surface area contributed by atoms with Crippen molar-refractivity contribution in [1.29, 1.82) is 0 Å². The minimum atomic E-state index is -0.638. The molecular weight excluding hydrogens is 418 g/mol. The first kappa shape index (κ1) is 19.2. The summed E-state index contributed by atoms with van der Waals surface area (Å²) < 4.78 is 10.8. The van der Waals surface area contributed by atoms with Crippen molar-refractivity contribution in [3.8, 4) is 11.5 Å². The van der Waals surface area contributed by atoms with Gasteiger partial charge in [0.1, 0.15) is 18.8 Å². The van der Waals surface area contributed by atoms with E-state index in [1.54, 1.807) is 6.20 Å². The molecule has 1 aliphatic rings. The summed E-state index contributed by atoms with van der Waals surface area (Å²) in [7, 11) is 0. The van der Waals surface area contributed by atoms with Crippen molar-refractivity contribution in [3.63, 3.8) is 0 Å². The molecule has 0 aliphatic carbocycles. The number of nitro benzene ring substituents is 1. The first-order valence-electron chi connectivity index (χ1n) is 8.58. The van der Waals surface area contributed by atoms with Crippen molar-refractivity contribution in [1.82, 2.24) is 4.98 Å². The first-order chi connectivity index (χ1) is 14.0. The summed E-state index contributed by atoms with van der Waals surface area (Å²) in [6, 6.07) is 9.97. The first-order valence-corrected chi connectivity index (χ1v) is 9.77. The van der Waals surface area contributed by atoms with E-state index in [2.05, 4.69) is 10.3 Å². The summed E-state index contributed by atoms with van der Waals surface area (Å²) in [5, 5.41) is 15.0. The van der Waals surface area contributed by atoms with Gasteiger partial charge in [-0.05, 0) is 17.7 Å². The molecule has 2 aromatic carbocycles. The van der Waals surface area contributed by atoms with Crippen LogP contribution in [0.15, 0.2) is 42.6 Å². The number of hydrogen-bond acceptors (Lipinski definition) is 7. The molecule has 8 nitrogen and oxygen atoms in total. The van der Waals surface area contributed by atoms with E-state index in [0.29, 0.717) is 35.5 Å². The summed E-state index contributed by atoms with van der Waals surface area (Å²) >= 11 is 7.19. The molecule has 0 saturated heterocycles. The number of anilines is 1. The maximum atomic E-state index is 12.7. The predicted octanol–water partition coefficient (Wildman–Crippen LogP) is 4.32. The minimum Gasteiger partial charge on any atom is -0.486 e. The molecule has 0 bridgehead atoms. The van der Waals surface area contributed by atoms with Crippen LogP contribution in [0.3, 0.4) is 0 Å². The highest BCUT2D eigenvalue weighted by atomic mass is 35.5. The molecule has 2 heterocycles. The molecule has 1 aromatic heterocycles. The zero-order chi connectivity index (χ0) is 20.4. The molecule has 29 heavy (non-hydrogen) atoms. The number of carbonyl (C=O) groups is 1. The Morgan fingerprint density at radius 3 is 2.59 bits per heavy atom. The van der Waals surface area contributed by atoms with Crippen molar-refractivity contribution >= 4 is 39.7 Å². The lowest BCUT2D eigenvalue weighted by Gasteiger charge is -2.18. The van der Waals surface area contributed by atoms with Crippen molar-refractivity contribution in [2.75, 3.05) is 18.5 Å². The average molecular weight is 432 g/mol. The third-order valence-corrected chi connectivity index (χ3v) is 5.33. The van der Waals surface area contributed by atoms with Crippen LogP contribution in [0.25, 0.3) is 0 Å². The van der Waals surface area contributed by atoms with Crippen LogP contribution in [0.1, 0.15) is 20.8 Å². The largest absolute Gasteiger partial charge is 0.486 e. The Morgan fingerprint density at radius 2 is 1.90 bits per heavy atom. The number of fused-ring (bicyclic) bond motifs is 1. The Kier molecular flexibility index (Phi) is 5.32. The van der Waals surface area contributed by atoms with Gasteiger partial charge in [0.25, 0.3) is 11.6 Å². The smallest absolute Gasteiger partial charge is 0.286 e. The number of nitro groups is 1. The second kappa shape index (κ2) is 8.06. The number of aromatic nitrogens is 1. The predicted molar refractivity (Wildman–Crippen MR) is 108 cm³/mol. The summed E-state index contributed by atoms with van der Waals surface area (Å²) in [6.07, 6.45) is 2.29. The summed E-state index contributed by atoms with van der Waals surface area (Å²) in [6.45, 7) is 0.609. The number of carbonyl (C=O) groups excluding carboxylic acids is 1. The fourth-order valence-corrected chi connectivity index (χ4v) is 3.79. The molecule has 1 N–H and O–H groups in total. The van der Waals surface area contributed by atoms with Crippen LogP contribution in [-0.2, 0) is 6.42 Å². The fourth-order valence-electron chi connectivity index (χ4n) is 2.83. The molecule has 1 aliphatic heterocycles. The van der Waals surface area contributed by atoms with Gasteiger partial charge < -0.3 is 9.47 Å². The summed E-state index contributed by atoms with van der Waals surface area (Å²) in [5.74, 6) is -0.0883. The maximum absolute atomic E-state index is 12.7. The van der Waals surface area contributed by atoms with E-state index in [1.807, 2.05) is 24.3 Å². The van der Waals surface area contributed by atoms with Gasteiger partial charge in [0.15, 0.2) is 16.6 Å². The molecule has 0 fully saturated rings. The van der Waals surface area contributed by atoms with Crippen molar-refractivity contribution in [2.24, 2.45) is 0 Å². The molecule has 0 spiro atoms. The summed E-state index contributed by atoms with van der Waals surface area (Å²) in [4.78, 5) is 28.6. The highest BCUT2D eigenvalue weighted by Crippen LogP contribution is 2.37. The minimum absolute atomic E-state index is 0.117. The fraction of sp³-hybridized carbons (Fsp3) is 0.158. The Bertz CT molecular complexity index is 1080. The average Bonchev–Trinajstić information content (AvgIpc) is 3.15. The number of nitrogens with zero attached hydrogens (tertiary/aromatic N) is 2. The SMILES string of the molecule is O=C(Nc1ncc(Cc2ccc(Cl)cc2)s1)c1cc2c(cc1[N+](=O)[O-])OCCO2. The molecule has 0 unspecified atom stereocenters. The van der Waals surface area contributed by atoms with Gasteiger partial charge in [-0.25, -0.2) is 4.98 Å². The van der Waals surface area contributed by atoms with E-state index < -0.39 is 10.8 Å². The molecule has 148 valence electrons. The lowest BCUT2D eigenvalue weighted by molar-refractivity contribution is -0.385. The topological polar surface area (TPSA) is 104 Å². The number of nitrogens with one attached hydrogen (secondary N) is 1. The second-order valence-corrected chi connectivity index (χ2v) is 7.71. The third-order valence-electron chi connectivity index (χ3n) is 4.17. The van der Waals surface area contributed by atoms with Crippen LogP contribution < -0.4 is 14.8 Å². The third kappa shape index (κ3) is 4.30. The molecule has 3 aromatic rings. The molecule has 0 radical (unpaired) electrons. The Morgan fingerprint density at radius 1 is 1.21 bits per heavy atom. The van der Waals surface area contributed by atoms with E-state index in [4.69, 9.17) is 21.1 Å². The zero-order valence-corrected chi connectivity index (χ0v) is 16.5. The molecule has 0 saturated carbocycles. The van der Waals surface area contributed by atoms with E-state index in [9.17, 15) is 14.9 Å². The normalized spacial score (nSPS) is 12.4. The lowest BCUT2D eigenvalue weighted by atomic mass is 10.1. The number of ether oxygens (including phenoxy) is 2. The second-order valence-electron chi connectivity index (χ2n) is 6.16. The Balaban J connectivity index is 1.53. The molecule has 4 rings (SSSR count). The molecule has 1 amide bonds. The van der Waals surface area contributed by atoms with Crippen LogP contribution in [0, 0.1) is 10.1 Å². The standard InChI is InChI=1S/C19H14ClN3O5S/c20-12-3-1-11(2-4-12)7-13-10-21-19(29-13)22-18(24)14-8-16-17(28-6-5-27-16)9-15(14)23(25)26/h1-4,8-10H,5-7H2,(H,21,22,24). The zero-order valence-electron chi connectivity index (χ0n) is 14.9. The van der Waals surface area contributed by atoms with Gasteiger partial charge in [0.2, 0.25) is 0 Å². The van der Waals surface area contributed by atoms with Crippen LogP contribution in [0.2, 0.25) is 5.02 Å². The van der Waals surface area contributed by atoms with E-state index in [0.717, 1.165) is 10.4 Å². The van der Waals surface area contributed by atoms with Crippen molar-refractivity contribution in [3.05, 3.63) is 73.7 Å². The molecular formula is C19H14ClN3O5S. The number of hydrogen-bond donors (Lipinski definition) is 1. The Hall–Kier alpha value is -3.17. The number of benzene rings is 2. The van der Waals surface area contributed by atoms with Crippen LogP contribution in [0.4, 0.5) is 10.8 Å². The number of thiazole rings is 1. The Labute approximate surface area is 174 Å². The lowest BCUT2D eigenvalue weighted by Crippen LogP contribution is -2.18. The van der Waals surface area contributed by atoms with Gasteiger partial charge >= 0.3 is 0 Å². The maximum Gasteiger partial charge on any atom is 0.286 e. The van der Waals surface area contributed by atoms with Gasteiger partial charge in [-0.2, -0.15) is 0 Å². The van der Waals surface area contributed by atoms with Gasteiger partial charge in [0.05, 0.1) is 11.0 Å². The van der Waals surface area contributed by atoms with Crippen LogP contribution >= 0.6 is 22.9 Å². The molecule has 10 heteroatoms. The van der Waals surface area contributed by atoms with Crippen molar-refractivity contribution < 1.29 is 19.2 Å². The highest BCUT2D eigenvalue weighted by molar-refractivity contribution is 7.15. The van der Waals surface area contributed by atoms with Gasteiger partial charge in [-0.1, -0.05) is 23.7 Å². The van der Waals surface area contributed by atoms with E-state index >= 15 is 0 Å². The number of amides is 1. The monoisotopic (exact) mass is 431 g/mol. The van der Waals surface area contributed by atoms with E-state index in [-0.39, 0.29) is 17.0 Å².